The summed E-state index contributed by atoms with van der Waals surface area (Å²) in [6, 6.07) is 7.86. The third-order valence-electron chi connectivity index (χ3n) is 2.70. The Morgan fingerprint density at radius 2 is 2.05 bits per heavy atom. The highest BCUT2D eigenvalue weighted by Gasteiger charge is 2.18. The molecule has 0 radical (unpaired) electrons. The minimum Gasteiger partial charge on any atom is -0.497 e. The smallest absolute Gasteiger partial charge is 0.262 e. The predicted octanol–water partition coefficient (Wildman–Crippen LogP) is 2.85. The summed E-state index contributed by atoms with van der Waals surface area (Å²) in [5.74, 6) is 0.460. The first-order valence-electron chi connectivity index (χ1n) is 5.72. The molecule has 0 spiro atoms. The number of pyridine rings is 1. The lowest BCUT2D eigenvalue weighted by molar-refractivity contribution is 0.413. The second-order valence-corrected chi connectivity index (χ2v) is 6.12. The monoisotopic (exact) mass is 312 g/mol. The number of sulfonamides is 1. The second-order valence-electron chi connectivity index (χ2n) is 4.08. The van der Waals surface area contributed by atoms with Crippen molar-refractivity contribution in [2.24, 2.45) is 0 Å². The van der Waals surface area contributed by atoms with Gasteiger partial charge in [0.2, 0.25) is 0 Å². The highest BCUT2D eigenvalue weighted by atomic mass is 35.5. The van der Waals surface area contributed by atoms with E-state index in [9.17, 15) is 8.42 Å². The lowest BCUT2D eigenvalue weighted by Gasteiger charge is -2.12. The molecule has 0 saturated heterocycles. The number of halogens is 1. The second kappa shape index (κ2) is 5.68. The van der Waals surface area contributed by atoms with E-state index in [2.05, 4.69) is 9.71 Å². The van der Waals surface area contributed by atoms with Crippen LogP contribution in [-0.2, 0) is 10.0 Å². The van der Waals surface area contributed by atoms with Crippen molar-refractivity contribution in [3.8, 4) is 5.75 Å². The third kappa shape index (κ3) is 3.02. The molecular formula is C13H13ClN2O3S. The molecule has 20 heavy (non-hydrogen) atoms. The first-order valence-corrected chi connectivity index (χ1v) is 7.58. The molecule has 2 aromatic rings. The van der Waals surface area contributed by atoms with Gasteiger partial charge in [-0.3, -0.25) is 4.72 Å². The maximum absolute atomic E-state index is 12.3. The lowest BCUT2D eigenvalue weighted by Crippen LogP contribution is -2.14. The molecule has 0 aliphatic rings. The van der Waals surface area contributed by atoms with Gasteiger partial charge in [-0.2, -0.15) is 0 Å². The molecule has 1 heterocycles. The zero-order chi connectivity index (χ0) is 14.8. The fraction of sp³-hybridized carbons (Fsp3) is 0.154. The number of benzene rings is 1. The minimum absolute atomic E-state index is 0.0937. The molecule has 0 bridgehead atoms. The third-order valence-corrected chi connectivity index (χ3v) is 4.33. The number of aryl methyl sites for hydroxylation is 1. The van der Waals surface area contributed by atoms with E-state index in [-0.39, 0.29) is 15.7 Å². The molecule has 0 aliphatic carbocycles. The summed E-state index contributed by atoms with van der Waals surface area (Å²) >= 11 is 5.92. The van der Waals surface area contributed by atoms with Crippen molar-refractivity contribution in [1.82, 2.24) is 4.98 Å². The van der Waals surface area contributed by atoms with Crippen LogP contribution < -0.4 is 9.46 Å². The molecule has 1 N–H and O–H groups in total. The van der Waals surface area contributed by atoms with Crippen molar-refractivity contribution >= 4 is 27.3 Å². The fourth-order valence-electron chi connectivity index (χ4n) is 1.61. The Bertz CT molecular complexity index is 712. The Labute approximate surface area is 122 Å². The van der Waals surface area contributed by atoms with Crippen molar-refractivity contribution in [2.45, 2.75) is 11.8 Å². The van der Waals surface area contributed by atoms with E-state index in [1.54, 1.807) is 25.1 Å². The maximum Gasteiger partial charge on any atom is 0.262 e. The van der Waals surface area contributed by atoms with Gasteiger partial charge in [-0.15, -0.1) is 0 Å². The molecule has 5 nitrogen and oxygen atoms in total. The first-order chi connectivity index (χ1) is 9.44. The lowest BCUT2D eigenvalue weighted by atomic mass is 10.3. The van der Waals surface area contributed by atoms with Crippen molar-refractivity contribution < 1.29 is 13.2 Å². The molecule has 0 saturated carbocycles. The molecular weight excluding hydrogens is 300 g/mol. The summed E-state index contributed by atoms with van der Waals surface area (Å²) in [5.41, 5.74) is 0.966. The summed E-state index contributed by atoms with van der Waals surface area (Å²) in [6.45, 7) is 1.75. The van der Waals surface area contributed by atoms with Crippen LogP contribution in [0.15, 0.2) is 41.4 Å². The van der Waals surface area contributed by atoms with Crippen LogP contribution >= 0.6 is 11.6 Å². The summed E-state index contributed by atoms with van der Waals surface area (Å²) in [6.07, 6.45) is 1.51. The van der Waals surface area contributed by atoms with Gasteiger partial charge in [-0.1, -0.05) is 17.7 Å². The Kier molecular flexibility index (Phi) is 4.15. The van der Waals surface area contributed by atoms with E-state index in [0.29, 0.717) is 11.3 Å². The number of anilines is 1. The van der Waals surface area contributed by atoms with Crippen molar-refractivity contribution in [2.75, 3.05) is 11.8 Å². The van der Waals surface area contributed by atoms with Crippen LogP contribution in [0.1, 0.15) is 5.56 Å². The number of nitrogens with one attached hydrogen (secondary N) is 1. The van der Waals surface area contributed by atoms with E-state index in [1.165, 1.54) is 25.4 Å². The predicted molar refractivity (Wildman–Crippen MR) is 77.8 cm³/mol. The SMILES string of the molecule is COc1cccc(S(=O)(=O)Nc2c(C)ccnc2Cl)c1. The number of hydrogen-bond donors (Lipinski definition) is 1. The van der Waals surface area contributed by atoms with E-state index in [1.807, 2.05) is 0 Å². The molecule has 106 valence electrons. The van der Waals surface area contributed by atoms with Gasteiger partial charge < -0.3 is 4.74 Å². The highest BCUT2D eigenvalue weighted by Crippen LogP contribution is 2.26. The molecule has 2 rings (SSSR count). The molecule has 0 amide bonds. The van der Waals surface area contributed by atoms with Crippen LogP contribution in [0.25, 0.3) is 0 Å². The largest absolute Gasteiger partial charge is 0.497 e. The van der Waals surface area contributed by atoms with Gasteiger partial charge in [-0.25, -0.2) is 13.4 Å². The Morgan fingerprint density at radius 3 is 2.70 bits per heavy atom. The van der Waals surface area contributed by atoms with E-state index >= 15 is 0 Å². The molecule has 0 unspecified atom stereocenters. The first kappa shape index (κ1) is 14.6. The van der Waals surface area contributed by atoms with E-state index in [4.69, 9.17) is 16.3 Å². The highest BCUT2D eigenvalue weighted by molar-refractivity contribution is 7.92. The zero-order valence-corrected chi connectivity index (χ0v) is 12.5. The van der Waals surface area contributed by atoms with Gasteiger partial charge in [0.05, 0.1) is 17.7 Å². The summed E-state index contributed by atoms with van der Waals surface area (Å²) in [7, 11) is -2.27. The number of hydrogen-bond acceptors (Lipinski definition) is 4. The molecule has 0 fully saturated rings. The number of nitrogens with zero attached hydrogens (tertiary/aromatic N) is 1. The van der Waals surface area contributed by atoms with Crippen LogP contribution in [0.4, 0.5) is 5.69 Å². The van der Waals surface area contributed by atoms with Crippen LogP contribution in [0.5, 0.6) is 5.75 Å². The van der Waals surface area contributed by atoms with Gasteiger partial charge in [0.15, 0.2) is 5.15 Å². The standard InChI is InChI=1S/C13H13ClN2O3S/c1-9-6-7-15-13(14)12(9)16-20(17,18)11-5-3-4-10(8-11)19-2/h3-8,16H,1-2H3. The average molecular weight is 313 g/mol. The maximum atomic E-state index is 12.3. The average Bonchev–Trinajstić information content (AvgIpc) is 2.43. The summed E-state index contributed by atoms with van der Waals surface area (Å²) in [5, 5.41) is 0.108. The Hall–Kier alpha value is -1.79. The van der Waals surface area contributed by atoms with Crippen LogP contribution in [-0.4, -0.2) is 20.5 Å². The van der Waals surface area contributed by atoms with E-state index < -0.39 is 10.0 Å². The molecule has 0 atom stereocenters. The zero-order valence-electron chi connectivity index (χ0n) is 10.9. The van der Waals surface area contributed by atoms with Gasteiger partial charge in [0.25, 0.3) is 10.0 Å². The number of rotatable bonds is 4. The molecule has 1 aromatic carbocycles. The molecule has 1 aromatic heterocycles. The summed E-state index contributed by atoms with van der Waals surface area (Å²) in [4.78, 5) is 3.96. The fourth-order valence-corrected chi connectivity index (χ4v) is 3.09. The van der Waals surface area contributed by atoms with Crippen LogP contribution in [0.2, 0.25) is 5.15 Å². The van der Waals surface area contributed by atoms with Gasteiger partial charge in [-0.05, 0) is 30.7 Å². The van der Waals surface area contributed by atoms with Gasteiger partial charge in [0.1, 0.15) is 5.75 Å². The topological polar surface area (TPSA) is 68.3 Å². The van der Waals surface area contributed by atoms with Crippen molar-refractivity contribution in [1.29, 1.82) is 0 Å². The van der Waals surface area contributed by atoms with Crippen molar-refractivity contribution in [3.63, 3.8) is 0 Å². The Balaban J connectivity index is 2.41. The van der Waals surface area contributed by atoms with Gasteiger partial charge >= 0.3 is 0 Å². The normalized spacial score (nSPS) is 11.2. The summed E-state index contributed by atoms with van der Waals surface area (Å²) < 4.78 is 32.1. The molecule has 0 aliphatic heterocycles. The number of ether oxygens (including phenoxy) is 1. The van der Waals surface area contributed by atoms with Crippen LogP contribution in [0.3, 0.4) is 0 Å². The van der Waals surface area contributed by atoms with E-state index in [0.717, 1.165) is 0 Å². The van der Waals surface area contributed by atoms with Gasteiger partial charge in [0, 0.05) is 12.3 Å². The minimum atomic E-state index is -3.75. The Morgan fingerprint density at radius 1 is 1.30 bits per heavy atom. The molecule has 7 heteroatoms. The van der Waals surface area contributed by atoms with Crippen LogP contribution in [0, 0.1) is 6.92 Å². The quantitative estimate of drug-likeness (QED) is 0.881. The number of aromatic nitrogens is 1. The number of methoxy groups -OCH3 is 1. The van der Waals surface area contributed by atoms with Crippen molar-refractivity contribution in [3.05, 3.63) is 47.2 Å².